The topological polar surface area (TPSA) is 81.7 Å². The highest BCUT2D eigenvalue weighted by Gasteiger charge is 2.30. The predicted molar refractivity (Wildman–Crippen MR) is 88.9 cm³/mol. The first kappa shape index (κ1) is 14.6. The van der Waals surface area contributed by atoms with Gasteiger partial charge in [0, 0.05) is 38.2 Å². The maximum absolute atomic E-state index is 12.6. The van der Waals surface area contributed by atoms with E-state index in [4.69, 9.17) is 0 Å². The zero-order valence-corrected chi connectivity index (χ0v) is 14.0. The third-order valence-electron chi connectivity index (χ3n) is 4.43. The Kier molecular flexibility index (Phi) is 3.02. The van der Waals surface area contributed by atoms with Crippen LogP contribution in [0, 0.1) is 13.8 Å². The summed E-state index contributed by atoms with van der Waals surface area (Å²) in [6.45, 7) is 3.86. The number of carbonyl (C=O) groups is 1. The van der Waals surface area contributed by atoms with E-state index in [-0.39, 0.29) is 12.1 Å². The summed E-state index contributed by atoms with van der Waals surface area (Å²) in [5, 5.41) is 7.40. The minimum Gasteiger partial charge on any atom is -0.338 e. The molecule has 124 valence electrons. The van der Waals surface area contributed by atoms with Gasteiger partial charge in [-0.05, 0) is 25.5 Å². The average Bonchev–Trinajstić information content (AvgIpc) is 3.19. The number of carbonyl (C=O) groups excluding carboxylic acids is 1. The van der Waals surface area contributed by atoms with Crippen LogP contribution in [0.2, 0.25) is 0 Å². The molecule has 2 N–H and O–H groups in total. The maximum Gasteiger partial charge on any atom is 0.272 e. The Hall–Kier alpha value is -3.03. The molecule has 1 aliphatic heterocycles. The molecule has 0 aromatic carbocycles. The van der Waals surface area contributed by atoms with Gasteiger partial charge in [-0.3, -0.25) is 19.6 Å². The van der Waals surface area contributed by atoms with Gasteiger partial charge in [-0.15, -0.1) is 0 Å². The van der Waals surface area contributed by atoms with Crippen LogP contribution in [0.15, 0.2) is 24.7 Å². The molecule has 0 aliphatic carbocycles. The van der Waals surface area contributed by atoms with Gasteiger partial charge >= 0.3 is 0 Å². The van der Waals surface area contributed by atoms with Gasteiger partial charge < -0.3 is 9.88 Å². The highest BCUT2D eigenvalue weighted by atomic mass is 16.2. The third-order valence-corrected chi connectivity index (χ3v) is 4.43. The van der Waals surface area contributed by atoms with Gasteiger partial charge in [-0.1, -0.05) is 0 Å². The lowest BCUT2D eigenvalue weighted by atomic mass is 10.1. The van der Waals surface area contributed by atoms with Crippen molar-refractivity contribution in [3.8, 4) is 11.3 Å². The minimum atomic E-state index is -0.367. The number of hydrogen-bond acceptors (Lipinski definition) is 4. The number of aromatic nitrogens is 5. The number of rotatable bonds is 2. The molecule has 0 saturated heterocycles. The van der Waals surface area contributed by atoms with Crippen molar-refractivity contribution in [1.29, 1.82) is 0 Å². The fourth-order valence-electron chi connectivity index (χ4n) is 3.03. The highest BCUT2D eigenvalue weighted by Crippen LogP contribution is 2.28. The van der Waals surface area contributed by atoms with E-state index in [2.05, 4.69) is 20.8 Å². The molecule has 0 radical (unpaired) electrons. The Morgan fingerprint density at radius 3 is 2.62 bits per heavy atom. The van der Waals surface area contributed by atoms with E-state index in [0.717, 1.165) is 28.3 Å². The Morgan fingerprint density at radius 1 is 1.21 bits per heavy atom. The van der Waals surface area contributed by atoms with Gasteiger partial charge in [0.1, 0.15) is 17.2 Å². The summed E-state index contributed by atoms with van der Waals surface area (Å²) in [6.07, 6.45) is 5.34. The van der Waals surface area contributed by atoms with E-state index in [1.165, 1.54) is 0 Å². The Bertz CT molecular complexity index is 926. The first-order chi connectivity index (χ1) is 11.4. The molecule has 4 rings (SSSR count). The van der Waals surface area contributed by atoms with Crippen molar-refractivity contribution >= 4 is 5.91 Å². The van der Waals surface area contributed by atoms with E-state index >= 15 is 0 Å². The summed E-state index contributed by atoms with van der Waals surface area (Å²) >= 11 is 0. The van der Waals surface area contributed by atoms with Crippen LogP contribution in [0.25, 0.3) is 11.3 Å². The number of nitrogens with one attached hydrogen (secondary N) is 2. The molecule has 1 atom stereocenters. The lowest BCUT2D eigenvalue weighted by Crippen LogP contribution is -2.44. The SMILES string of the molecule is Cc1c(-c2ccn(C)n2)cn2c1C(=O)NC(c1cn(C)c(C)n1)N2. The molecule has 1 amide bonds. The Labute approximate surface area is 139 Å². The zero-order chi connectivity index (χ0) is 17.0. The molecule has 8 nitrogen and oxygen atoms in total. The van der Waals surface area contributed by atoms with Gasteiger partial charge in [-0.25, -0.2) is 4.98 Å². The van der Waals surface area contributed by atoms with Crippen LogP contribution in [0.3, 0.4) is 0 Å². The molecule has 1 unspecified atom stereocenters. The molecule has 0 saturated carbocycles. The predicted octanol–water partition coefficient (Wildman–Crippen LogP) is 1.22. The van der Waals surface area contributed by atoms with Crippen LogP contribution in [0.4, 0.5) is 0 Å². The van der Waals surface area contributed by atoms with E-state index in [1.54, 1.807) is 9.36 Å². The van der Waals surface area contributed by atoms with Crippen LogP contribution in [0.1, 0.15) is 33.7 Å². The molecule has 0 fully saturated rings. The summed E-state index contributed by atoms with van der Waals surface area (Å²) < 4.78 is 5.45. The largest absolute Gasteiger partial charge is 0.338 e. The molecular weight excluding hydrogens is 306 g/mol. The van der Waals surface area contributed by atoms with Gasteiger partial charge in [0.25, 0.3) is 5.91 Å². The standard InChI is InChI=1S/C16H19N7O/c1-9-11(12-5-6-22(4)19-12)7-23-14(9)16(24)18-15(20-23)13-8-21(3)10(2)17-13/h5-8,15,20H,1-4H3,(H,18,24). The molecule has 0 spiro atoms. The lowest BCUT2D eigenvalue weighted by molar-refractivity contribution is 0.0913. The average molecular weight is 325 g/mol. The van der Waals surface area contributed by atoms with Gasteiger partial charge in [0.15, 0.2) is 6.17 Å². The smallest absolute Gasteiger partial charge is 0.272 e. The molecule has 4 heterocycles. The summed E-state index contributed by atoms with van der Waals surface area (Å²) in [5.74, 6) is 0.770. The third kappa shape index (κ3) is 2.10. The summed E-state index contributed by atoms with van der Waals surface area (Å²) in [7, 11) is 3.81. The molecule has 3 aromatic heterocycles. The second kappa shape index (κ2) is 4.98. The molecule has 8 heteroatoms. The number of fused-ring (bicyclic) bond motifs is 1. The number of amides is 1. The van der Waals surface area contributed by atoms with E-state index in [9.17, 15) is 4.79 Å². The molecule has 0 bridgehead atoms. The minimum absolute atomic E-state index is 0.123. The normalized spacial score (nSPS) is 16.7. The van der Waals surface area contributed by atoms with Crippen molar-refractivity contribution in [3.05, 3.63) is 47.4 Å². The van der Waals surface area contributed by atoms with Gasteiger partial charge in [-0.2, -0.15) is 5.10 Å². The fourth-order valence-corrected chi connectivity index (χ4v) is 3.03. The van der Waals surface area contributed by atoms with Crippen LogP contribution >= 0.6 is 0 Å². The number of aryl methyl sites for hydroxylation is 3. The van der Waals surface area contributed by atoms with Crippen LogP contribution < -0.4 is 10.7 Å². The monoisotopic (exact) mass is 325 g/mol. The maximum atomic E-state index is 12.6. The van der Waals surface area contributed by atoms with Crippen molar-refractivity contribution in [3.63, 3.8) is 0 Å². The van der Waals surface area contributed by atoms with Crippen molar-refractivity contribution < 1.29 is 4.79 Å². The summed E-state index contributed by atoms with van der Waals surface area (Å²) in [6, 6.07) is 1.94. The Morgan fingerprint density at radius 2 is 2.00 bits per heavy atom. The van der Waals surface area contributed by atoms with Gasteiger partial charge in [0.05, 0.1) is 5.69 Å². The van der Waals surface area contributed by atoms with E-state index in [0.29, 0.717) is 5.69 Å². The van der Waals surface area contributed by atoms with E-state index < -0.39 is 0 Å². The van der Waals surface area contributed by atoms with Gasteiger partial charge in [0.2, 0.25) is 0 Å². The fraction of sp³-hybridized carbons (Fsp3) is 0.312. The quantitative estimate of drug-likeness (QED) is 0.742. The van der Waals surface area contributed by atoms with Crippen LogP contribution in [0.5, 0.6) is 0 Å². The number of nitrogens with zero attached hydrogens (tertiary/aromatic N) is 5. The van der Waals surface area contributed by atoms with Crippen molar-refractivity contribution in [1.82, 2.24) is 29.3 Å². The zero-order valence-electron chi connectivity index (χ0n) is 14.0. The van der Waals surface area contributed by atoms with Crippen LogP contribution in [-0.2, 0) is 14.1 Å². The lowest BCUT2D eigenvalue weighted by Gasteiger charge is -2.27. The highest BCUT2D eigenvalue weighted by molar-refractivity contribution is 5.97. The first-order valence-electron chi connectivity index (χ1n) is 7.73. The molecule has 24 heavy (non-hydrogen) atoms. The second-order valence-corrected chi connectivity index (χ2v) is 6.12. The van der Waals surface area contributed by atoms with Crippen molar-refractivity contribution in [2.24, 2.45) is 14.1 Å². The molecular formula is C16H19N7O. The number of hydrogen-bond donors (Lipinski definition) is 2. The molecule has 3 aromatic rings. The second-order valence-electron chi connectivity index (χ2n) is 6.12. The first-order valence-corrected chi connectivity index (χ1v) is 7.73. The van der Waals surface area contributed by atoms with Crippen molar-refractivity contribution in [2.75, 3.05) is 5.43 Å². The molecule has 1 aliphatic rings. The number of imidazole rings is 1. The van der Waals surface area contributed by atoms with E-state index in [1.807, 2.05) is 57.2 Å². The summed E-state index contributed by atoms with van der Waals surface area (Å²) in [5.41, 5.74) is 7.35. The van der Waals surface area contributed by atoms with Crippen LogP contribution in [-0.4, -0.2) is 29.9 Å². The Balaban J connectivity index is 1.74. The van der Waals surface area contributed by atoms with Crippen molar-refractivity contribution in [2.45, 2.75) is 20.0 Å². The summed E-state index contributed by atoms with van der Waals surface area (Å²) in [4.78, 5) is 17.1.